The first-order valence-electron chi connectivity index (χ1n) is 8.16. The van der Waals surface area contributed by atoms with E-state index in [4.69, 9.17) is 9.72 Å². The van der Waals surface area contributed by atoms with E-state index in [1.54, 1.807) is 7.11 Å². The first kappa shape index (κ1) is 14.8. The smallest absolute Gasteiger partial charge is 0.119 e. The lowest BCUT2D eigenvalue weighted by molar-refractivity contribution is 0.415. The number of para-hydroxylation sites is 2. The van der Waals surface area contributed by atoms with E-state index in [9.17, 15) is 0 Å². The lowest BCUT2D eigenvalue weighted by atomic mass is 9.97. The van der Waals surface area contributed by atoms with Gasteiger partial charge in [0.25, 0.3) is 0 Å². The molecule has 3 heteroatoms. The molecule has 0 amide bonds. The van der Waals surface area contributed by atoms with Crippen molar-refractivity contribution in [1.29, 1.82) is 0 Å². The van der Waals surface area contributed by atoms with Crippen molar-refractivity contribution >= 4 is 21.8 Å². The molecule has 0 aliphatic heterocycles. The van der Waals surface area contributed by atoms with Crippen molar-refractivity contribution < 1.29 is 4.74 Å². The molecular weight excluding hydrogens is 296 g/mol. The second-order valence-corrected chi connectivity index (χ2v) is 6.21. The van der Waals surface area contributed by atoms with Crippen LogP contribution in [0.5, 0.6) is 5.75 Å². The molecule has 0 saturated carbocycles. The zero-order valence-electron chi connectivity index (χ0n) is 14.2. The Morgan fingerprint density at radius 3 is 2.50 bits per heavy atom. The third-order valence-electron chi connectivity index (χ3n) is 4.78. The molecule has 0 bridgehead atoms. The summed E-state index contributed by atoms with van der Waals surface area (Å²) in [6.45, 7) is 2.21. The van der Waals surface area contributed by atoms with Gasteiger partial charge < -0.3 is 9.30 Å². The highest BCUT2D eigenvalue weighted by Gasteiger charge is 2.16. The molecule has 1 atom stereocenters. The highest BCUT2D eigenvalue weighted by atomic mass is 16.5. The fraction of sp³-hybridized carbons (Fsp3) is 0.190. The number of aromatic nitrogens is 2. The minimum absolute atomic E-state index is 0.230. The first-order valence-corrected chi connectivity index (χ1v) is 8.16. The molecule has 24 heavy (non-hydrogen) atoms. The van der Waals surface area contributed by atoms with Crippen molar-refractivity contribution in [3.63, 3.8) is 0 Å². The van der Waals surface area contributed by atoms with Gasteiger partial charge in [0, 0.05) is 13.0 Å². The number of aryl methyl sites for hydroxylation is 1. The second-order valence-electron chi connectivity index (χ2n) is 6.21. The monoisotopic (exact) mass is 316 g/mol. The van der Waals surface area contributed by atoms with Crippen LogP contribution >= 0.6 is 0 Å². The van der Waals surface area contributed by atoms with Crippen molar-refractivity contribution in [3.05, 3.63) is 72.1 Å². The maximum Gasteiger partial charge on any atom is 0.119 e. The average molecular weight is 316 g/mol. The highest BCUT2D eigenvalue weighted by molar-refractivity contribution is 5.85. The fourth-order valence-electron chi connectivity index (χ4n) is 3.34. The lowest BCUT2D eigenvalue weighted by Gasteiger charge is -2.13. The molecule has 120 valence electrons. The summed E-state index contributed by atoms with van der Waals surface area (Å²) in [5.74, 6) is 2.21. The SMILES string of the molecule is COc1ccc2cc([C@H](C)c3nc4ccccc4n3C)ccc2c1. The van der Waals surface area contributed by atoms with E-state index in [0.717, 1.165) is 17.1 Å². The topological polar surface area (TPSA) is 27.1 Å². The van der Waals surface area contributed by atoms with Crippen LogP contribution in [0.1, 0.15) is 24.2 Å². The third kappa shape index (κ3) is 2.33. The minimum Gasteiger partial charge on any atom is -0.497 e. The number of imidazole rings is 1. The molecule has 1 heterocycles. The summed E-state index contributed by atoms with van der Waals surface area (Å²) in [4.78, 5) is 4.84. The summed E-state index contributed by atoms with van der Waals surface area (Å²) in [7, 11) is 3.79. The molecule has 0 saturated heterocycles. The van der Waals surface area contributed by atoms with E-state index in [1.165, 1.54) is 21.9 Å². The van der Waals surface area contributed by atoms with Gasteiger partial charge in [0.05, 0.1) is 18.1 Å². The van der Waals surface area contributed by atoms with E-state index in [2.05, 4.69) is 67.1 Å². The molecule has 4 aromatic rings. The Labute approximate surface area is 141 Å². The predicted molar refractivity (Wildman–Crippen MR) is 98.7 cm³/mol. The zero-order valence-corrected chi connectivity index (χ0v) is 14.2. The van der Waals surface area contributed by atoms with Crippen LogP contribution in [0.3, 0.4) is 0 Å². The molecule has 1 aromatic heterocycles. The normalized spacial score (nSPS) is 12.6. The maximum absolute atomic E-state index is 5.31. The van der Waals surface area contributed by atoms with Gasteiger partial charge in [-0.05, 0) is 40.6 Å². The Morgan fingerprint density at radius 1 is 0.958 bits per heavy atom. The number of fused-ring (bicyclic) bond motifs is 2. The van der Waals surface area contributed by atoms with Crippen LogP contribution in [0.25, 0.3) is 21.8 Å². The largest absolute Gasteiger partial charge is 0.497 e. The lowest BCUT2D eigenvalue weighted by Crippen LogP contribution is -2.04. The summed E-state index contributed by atoms with van der Waals surface area (Å²) < 4.78 is 7.50. The summed E-state index contributed by atoms with van der Waals surface area (Å²) in [6.07, 6.45) is 0. The summed E-state index contributed by atoms with van der Waals surface area (Å²) >= 11 is 0. The summed E-state index contributed by atoms with van der Waals surface area (Å²) in [6, 6.07) is 21.1. The Hall–Kier alpha value is -2.81. The number of rotatable bonds is 3. The zero-order chi connectivity index (χ0) is 16.7. The van der Waals surface area contributed by atoms with Crippen molar-refractivity contribution in [3.8, 4) is 5.75 Å². The molecule has 0 radical (unpaired) electrons. The van der Waals surface area contributed by atoms with Crippen LogP contribution in [0.4, 0.5) is 0 Å². The van der Waals surface area contributed by atoms with Gasteiger partial charge in [-0.2, -0.15) is 0 Å². The Morgan fingerprint density at radius 2 is 1.71 bits per heavy atom. The van der Waals surface area contributed by atoms with E-state index < -0.39 is 0 Å². The van der Waals surface area contributed by atoms with Crippen LogP contribution in [0.15, 0.2) is 60.7 Å². The number of ether oxygens (including phenoxy) is 1. The number of methoxy groups -OCH3 is 1. The Balaban J connectivity index is 1.79. The van der Waals surface area contributed by atoms with Crippen LogP contribution in [-0.4, -0.2) is 16.7 Å². The van der Waals surface area contributed by atoms with Crippen LogP contribution in [-0.2, 0) is 7.05 Å². The maximum atomic E-state index is 5.31. The van der Waals surface area contributed by atoms with E-state index in [-0.39, 0.29) is 5.92 Å². The van der Waals surface area contributed by atoms with Crippen LogP contribution in [0.2, 0.25) is 0 Å². The van der Waals surface area contributed by atoms with Crippen LogP contribution in [0, 0.1) is 0 Å². The van der Waals surface area contributed by atoms with Gasteiger partial charge in [0.1, 0.15) is 11.6 Å². The molecule has 0 N–H and O–H groups in total. The fourth-order valence-corrected chi connectivity index (χ4v) is 3.34. The van der Waals surface area contributed by atoms with Gasteiger partial charge in [-0.15, -0.1) is 0 Å². The summed E-state index contributed by atoms with van der Waals surface area (Å²) in [5.41, 5.74) is 3.49. The van der Waals surface area contributed by atoms with Crippen molar-refractivity contribution in [2.75, 3.05) is 7.11 Å². The number of nitrogens with zero attached hydrogens (tertiary/aromatic N) is 2. The number of hydrogen-bond donors (Lipinski definition) is 0. The molecular formula is C21H20N2O. The van der Waals surface area contributed by atoms with Gasteiger partial charge in [0.2, 0.25) is 0 Å². The second kappa shape index (κ2) is 5.68. The highest BCUT2D eigenvalue weighted by Crippen LogP contribution is 2.29. The van der Waals surface area contributed by atoms with Gasteiger partial charge in [-0.1, -0.05) is 43.3 Å². The van der Waals surface area contributed by atoms with Crippen molar-refractivity contribution in [2.45, 2.75) is 12.8 Å². The van der Waals surface area contributed by atoms with Gasteiger partial charge in [-0.25, -0.2) is 4.98 Å². The van der Waals surface area contributed by atoms with Crippen molar-refractivity contribution in [1.82, 2.24) is 9.55 Å². The number of hydrogen-bond acceptors (Lipinski definition) is 2. The van der Waals surface area contributed by atoms with E-state index in [0.29, 0.717) is 0 Å². The van der Waals surface area contributed by atoms with Crippen LogP contribution < -0.4 is 4.74 Å². The molecule has 0 spiro atoms. The van der Waals surface area contributed by atoms with E-state index >= 15 is 0 Å². The molecule has 0 unspecified atom stereocenters. The van der Waals surface area contributed by atoms with Gasteiger partial charge in [-0.3, -0.25) is 0 Å². The average Bonchev–Trinajstić information content (AvgIpc) is 2.97. The Kier molecular flexibility index (Phi) is 3.49. The molecule has 0 aliphatic rings. The third-order valence-corrected chi connectivity index (χ3v) is 4.78. The predicted octanol–water partition coefficient (Wildman–Crippen LogP) is 4.89. The molecule has 3 aromatic carbocycles. The molecule has 3 nitrogen and oxygen atoms in total. The molecule has 0 fully saturated rings. The van der Waals surface area contributed by atoms with Crippen molar-refractivity contribution in [2.24, 2.45) is 7.05 Å². The number of benzene rings is 3. The molecule has 4 rings (SSSR count). The first-order chi connectivity index (χ1) is 11.7. The Bertz CT molecular complexity index is 1030. The standard InChI is InChI=1S/C21H20N2O/c1-14(21-22-19-6-4-5-7-20(19)23(21)2)15-8-9-17-13-18(24-3)11-10-16(17)12-15/h4-14H,1-3H3/t14-/m0/s1. The summed E-state index contributed by atoms with van der Waals surface area (Å²) in [5, 5.41) is 2.41. The van der Waals surface area contributed by atoms with E-state index in [1.807, 2.05) is 12.1 Å². The molecule has 0 aliphatic carbocycles. The minimum atomic E-state index is 0.230. The van der Waals surface area contributed by atoms with Gasteiger partial charge >= 0.3 is 0 Å². The quantitative estimate of drug-likeness (QED) is 0.538. The van der Waals surface area contributed by atoms with Gasteiger partial charge in [0.15, 0.2) is 0 Å².